The zero-order chi connectivity index (χ0) is 20.6. The van der Waals surface area contributed by atoms with Crippen molar-refractivity contribution >= 4 is 23.8 Å². The van der Waals surface area contributed by atoms with E-state index in [0.29, 0.717) is 17.8 Å². The van der Waals surface area contributed by atoms with Crippen molar-refractivity contribution in [2.24, 2.45) is 35.0 Å². The minimum atomic E-state index is -1.42. The molecular formula is C20H29NO7. The van der Waals surface area contributed by atoms with Gasteiger partial charge < -0.3 is 19.9 Å². The van der Waals surface area contributed by atoms with Crippen LogP contribution in [0.1, 0.15) is 45.4 Å². The van der Waals surface area contributed by atoms with E-state index < -0.39 is 41.2 Å². The molecule has 2 N–H and O–H groups in total. The molecule has 4 saturated carbocycles. The summed E-state index contributed by atoms with van der Waals surface area (Å²) in [5.74, 6) is -4.14. The molecule has 1 amide bonds. The van der Waals surface area contributed by atoms with Gasteiger partial charge in [0.05, 0.1) is 14.2 Å². The zero-order valence-corrected chi connectivity index (χ0v) is 16.6. The van der Waals surface area contributed by atoms with E-state index in [0.717, 1.165) is 52.7 Å². The average molecular weight is 395 g/mol. The minimum absolute atomic E-state index is 0.265. The van der Waals surface area contributed by atoms with Crippen molar-refractivity contribution in [2.75, 3.05) is 14.2 Å². The van der Waals surface area contributed by atoms with E-state index in [1.54, 1.807) is 0 Å². The Morgan fingerprint density at radius 2 is 1.36 bits per heavy atom. The molecule has 4 aliphatic carbocycles. The maximum absolute atomic E-state index is 13.2. The predicted octanol–water partition coefficient (Wildman–Crippen LogP) is 1.37. The van der Waals surface area contributed by atoms with Crippen LogP contribution in [0, 0.1) is 35.0 Å². The van der Waals surface area contributed by atoms with Crippen molar-refractivity contribution in [2.45, 2.75) is 51.5 Å². The first-order chi connectivity index (χ1) is 13.2. The molecule has 4 fully saturated rings. The second-order valence-corrected chi connectivity index (χ2v) is 8.87. The summed E-state index contributed by atoms with van der Waals surface area (Å²) in [5, 5.41) is 12.4. The highest BCUT2D eigenvalue weighted by Gasteiger charge is 2.55. The van der Waals surface area contributed by atoms with Gasteiger partial charge in [-0.05, 0) is 56.3 Å². The Hall–Kier alpha value is -2.12. The molecule has 0 aromatic heterocycles. The first-order valence-electron chi connectivity index (χ1n) is 9.90. The number of carboxylic acids is 1. The maximum Gasteiger partial charge on any atom is 0.326 e. The highest BCUT2D eigenvalue weighted by Crippen LogP contribution is 2.60. The van der Waals surface area contributed by atoms with Crippen LogP contribution in [0.15, 0.2) is 0 Å². The molecule has 8 heteroatoms. The van der Waals surface area contributed by atoms with E-state index in [-0.39, 0.29) is 5.91 Å². The molecule has 0 aromatic rings. The quantitative estimate of drug-likeness (QED) is 0.493. The van der Waals surface area contributed by atoms with Crippen molar-refractivity contribution in [1.82, 2.24) is 5.32 Å². The summed E-state index contributed by atoms with van der Waals surface area (Å²) in [4.78, 5) is 49.2. The molecular weight excluding hydrogens is 366 g/mol. The van der Waals surface area contributed by atoms with E-state index in [9.17, 15) is 24.3 Å². The average Bonchev–Trinajstić information content (AvgIpc) is 2.64. The van der Waals surface area contributed by atoms with Crippen LogP contribution in [0.4, 0.5) is 0 Å². The second kappa shape index (κ2) is 7.72. The van der Waals surface area contributed by atoms with Gasteiger partial charge in [0.1, 0.15) is 6.04 Å². The highest BCUT2D eigenvalue weighted by atomic mass is 16.5. The molecule has 0 radical (unpaired) electrons. The molecule has 0 heterocycles. The van der Waals surface area contributed by atoms with Crippen molar-refractivity contribution < 1.29 is 33.8 Å². The summed E-state index contributed by atoms with van der Waals surface area (Å²) in [6.45, 7) is 1.44. The smallest absolute Gasteiger partial charge is 0.326 e. The largest absolute Gasteiger partial charge is 0.480 e. The van der Waals surface area contributed by atoms with Gasteiger partial charge in [-0.1, -0.05) is 6.92 Å². The summed E-state index contributed by atoms with van der Waals surface area (Å²) >= 11 is 0. The van der Waals surface area contributed by atoms with Crippen molar-refractivity contribution in [3.63, 3.8) is 0 Å². The lowest BCUT2D eigenvalue weighted by Gasteiger charge is -2.55. The summed E-state index contributed by atoms with van der Waals surface area (Å²) in [6.07, 6.45) is 5.88. The van der Waals surface area contributed by atoms with Crippen LogP contribution in [0.2, 0.25) is 0 Å². The SMILES string of the molecule is COC(=O)C(C(=O)OC)[C@@H](C)[C@H](NC(=O)C12CC3CC(CC(C3)C1)C2)C(=O)O. The Morgan fingerprint density at radius 3 is 1.71 bits per heavy atom. The number of carboxylic acid groups (broad SMARTS) is 1. The van der Waals surface area contributed by atoms with Crippen LogP contribution in [0.25, 0.3) is 0 Å². The number of carbonyl (C=O) groups is 4. The summed E-state index contributed by atoms with van der Waals surface area (Å²) in [5.41, 5.74) is -0.520. The molecule has 156 valence electrons. The third kappa shape index (κ3) is 3.61. The highest BCUT2D eigenvalue weighted by molar-refractivity contribution is 5.96. The number of nitrogens with one attached hydrogen (secondary N) is 1. The number of ether oxygens (including phenoxy) is 2. The fourth-order valence-electron chi connectivity index (χ4n) is 6.07. The molecule has 0 spiro atoms. The normalized spacial score (nSPS) is 32.5. The Kier molecular flexibility index (Phi) is 5.68. The Bertz CT molecular complexity index is 622. The maximum atomic E-state index is 13.2. The Balaban J connectivity index is 1.79. The molecule has 4 aliphatic rings. The van der Waals surface area contributed by atoms with Gasteiger partial charge in [-0.15, -0.1) is 0 Å². The predicted molar refractivity (Wildman–Crippen MR) is 96.9 cm³/mol. The number of methoxy groups -OCH3 is 2. The number of carbonyl (C=O) groups excluding carboxylic acids is 3. The van der Waals surface area contributed by atoms with Gasteiger partial charge in [-0.2, -0.15) is 0 Å². The lowest BCUT2D eigenvalue weighted by molar-refractivity contribution is -0.164. The van der Waals surface area contributed by atoms with E-state index >= 15 is 0 Å². The Labute approximate surface area is 164 Å². The van der Waals surface area contributed by atoms with Crippen molar-refractivity contribution in [3.8, 4) is 0 Å². The minimum Gasteiger partial charge on any atom is -0.480 e. The lowest BCUT2D eigenvalue weighted by atomic mass is 9.49. The van der Waals surface area contributed by atoms with Gasteiger partial charge >= 0.3 is 17.9 Å². The van der Waals surface area contributed by atoms with E-state index in [4.69, 9.17) is 0 Å². The van der Waals surface area contributed by atoms with Crippen LogP contribution < -0.4 is 5.32 Å². The molecule has 0 saturated heterocycles. The van der Waals surface area contributed by atoms with Crippen molar-refractivity contribution in [3.05, 3.63) is 0 Å². The first-order valence-corrected chi connectivity index (χ1v) is 9.90. The van der Waals surface area contributed by atoms with Gasteiger partial charge in [0.25, 0.3) is 0 Å². The topological polar surface area (TPSA) is 119 Å². The second-order valence-electron chi connectivity index (χ2n) is 8.87. The van der Waals surface area contributed by atoms with E-state index in [1.807, 2.05) is 0 Å². The van der Waals surface area contributed by atoms with Crippen LogP contribution >= 0.6 is 0 Å². The zero-order valence-electron chi connectivity index (χ0n) is 16.6. The van der Waals surface area contributed by atoms with Crippen LogP contribution in [0.3, 0.4) is 0 Å². The summed E-state index contributed by atoms with van der Waals surface area (Å²) in [6, 6.07) is -1.39. The molecule has 2 atom stereocenters. The van der Waals surface area contributed by atoms with Gasteiger partial charge in [0, 0.05) is 11.3 Å². The number of amides is 1. The van der Waals surface area contributed by atoms with Gasteiger partial charge in [0.2, 0.25) is 5.91 Å². The van der Waals surface area contributed by atoms with Gasteiger partial charge in [0.15, 0.2) is 5.92 Å². The third-order valence-corrected chi connectivity index (χ3v) is 7.03. The number of hydrogen-bond donors (Lipinski definition) is 2. The molecule has 8 nitrogen and oxygen atoms in total. The molecule has 28 heavy (non-hydrogen) atoms. The lowest BCUT2D eigenvalue weighted by Crippen LogP contribution is -2.58. The van der Waals surface area contributed by atoms with Gasteiger partial charge in [-0.3, -0.25) is 14.4 Å². The Morgan fingerprint density at radius 1 is 0.929 bits per heavy atom. The molecule has 4 rings (SSSR count). The fraction of sp³-hybridized carbons (Fsp3) is 0.800. The molecule has 4 bridgehead atoms. The standard InChI is InChI=1S/C20H29NO7/c1-10(14(17(24)27-2)18(25)28-3)15(16(22)23)21-19(26)20-7-11-4-12(8-20)6-13(5-11)9-20/h10-15H,4-9H2,1-3H3,(H,21,26)(H,22,23)/t10-,11?,12?,13?,15+,20?/m1/s1. The van der Waals surface area contributed by atoms with E-state index in [2.05, 4.69) is 14.8 Å². The van der Waals surface area contributed by atoms with E-state index in [1.165, 1.54) is 6.92 Å². The number of aliphatic carboxylic acids is 1. The van der Waals surface area contributed by atoms with Crippen LogP contribution in [0.5, 0.6) is 0 Å². The number of esters is 2. The molecule has 0 unspecified atom stereocenters. The molecule has 0 aliphatic heterocycles. The number of hydrogen-bond acceptors (Lipinski definition) is 6. The van der Waals surface area contributed by atoms with Crippen molar-refractivity contribution in [1.29, 1.82) is 0 Å². The van der Waals surface area contributed by atoms with Crippen LogP contribution in [-0.2, 0) is 28.7 Å². The number of rotatable bonds is 7. The monoisotopic (exact) mass is 395 g/mol. The molecule has 0 aromatic carbocycles. The van der Waals surface area contributed by atoms with Gasteiger partial charge in [-0.25, -0.2) is 4.79 Å². The fourth-order valence-corrected chi connectivity index (χ4v) is 6.07. The summed E-state index contributed by atoms with van der Waals surface area (Å²) < 4.78 is 9.29. The third-order valence-electron chi connectivity index (χ3n) is 7.03. The summed E-state index contributed by atoms with van der Waals surface area (Å²) in [7, 11) is 2.24. The first kappa shape index (κ1) is 20.6. The van der Waals surface area contributed by atoms with Crippen LogP contribution in [-0.4, -0.2) is 49.2 Å².